The number of nitrogens with one attached hydrogen (secondary N) is 1. The van der Waals surface area contributed by atoms with E-state index in [9.17, 15) is 9.59 Å². The fraction of sp³-hybridized carbons (Fsp3) is 0.652. The minimum absolute atomic E-state index is 0.0398. The van der Waals surface area contributed by atoms with Gasteiger partial charge in [-0.15, -0.1) is 0 Å². The Morgan fingerprint density at radius 3 is 2.48 bits per heavy atom. The lowest BCUT2D eigenvalue weighted by molar-refractivity contribution is -0.135. The van der Waals surface area contributed by atoms with Crippen LogP contribution in [-0.2, 0) is 11.3 Å². The van der Waals surface area contributed by atoms with Crippen LogP contribution in [-0.4, -0.2) is 54.1 Å². The molecule has 0 radical (unpaired) electrons. The van der Waals surface area contributed by atoms with E-state index < -0.39 is 5.54 Å². The number of urea groups is 1. The molecule has 158 valence electrons. The Kier molecular flexibility index (Phi) is 5.81. The molecule has 1 aromatic rings. The quantitative estimate of drug-likeness (QED) is 0.771. The summed E-state index contributed by atoms with van der Waals surface area (Å²) in [6, 6.07) is 8.48. The highest BCUT2D eigenvalue weighted by atomic mass is 16.2. The molecule has 3 fully saturated rings. The zero-order valence-corrected chi connectivity index (χ0v) is 17.8. The first-order valence-electron chi connectivity index (χ1n) is 11.2. The predicted octanol–water partition coefficient (Wildman–Crippen LogP) is 3.57. The van der Waals surface area contributed by atoms with Gasteiger partial charge in [-0.3, -0.25) is 9.69 Å². The number of benzene rings is 1. The van der Waals surface area contributed by atoms with Gasteiger partial charge in [0.15, 0.2) is 0 Å². The molecule has 3 amide bonds. The maximum absolute atomic E-state index is 13.1. The third kappa shape index (κ3) is 4.00. The molecule has 1 aliphatic carbocycles. The van der Waals surface area contributed by atoms with Crippen molar-refractivity contribution in [1.82, 2.24) is 15.1 Å². The summed E-state index contributed by atoms with van der Waals surface area (Å²) < 4.78 is 0. The van der Waals surface area contributed by atoms with Crippen LogP contribution in [0.3, 0.4) is 0 Å². The SMILES string of the molecule is C[C@H]1CCCC[C@@]12NC(=O)N(CN(C)Cc1ccc(N3CCCCC3)cc1)C2=O. The molecule has 1 saturated carbocycles. The summed E-state index contributed by atoms with van der Waals surface area (Å²) in [6.45, 7) is 5.42. The van der Waals surface area contributed by atoms with E-state index in [1.54, 1.807) is 0 Å². The molecule has 6 heteroatoms. The zero-order valence-electron chi connectivity index (χ0n) is 17.8. The average molecular weight is 399 g/mol. The Labute approximate surface area is 174 Å². The zero-order chi connectivity index (χ0) is 20.4. The van der Waals surface area contributed by atoms with Crippen LogP contribution in [0.4, 0.5) is 10.5 Å². The summed E-state index contributed by atoms with van der Waals surface area (Å²) in [4.78, 5) is 31.6. The number of hydrogen-bond donors (Lipinski definition) is 1. The number of amides is 3. The third-order valence-corrected chi connectivity index (χ3v) is 6.99. The highest BCUT2D eigenvalue weighted by Gasteiger charge is 2.54. The van der Waals surface area contributed by atoms with Gasteiger partial charge >= 0.3 is 6.03 Å². The van der Waals surface area contributed by atoms with Crippen molar-refractivity contribution in [2.75, 3.05) is 31.7 Å². The van der Waals surface area contributed by atoms with Crippen LogP contribution in [0.5, 0.6) is 0 Å². The number of imide groups is 1. The Bertz CT molecular complexity index is 744. The van der Waals surface area contributed by atoms with Crippen molar-refractivity contribution >= 4 is 17.6 Å². The van der Waals surface area contributed by atoms with Crippen molar-refractivity contribution in [1.29, 1.82) is 0 Å². The first kappa shape index (κ1) is 20.2. The Morgan fingerprint density at radius 1 is 1.07 bits per heavy atom. The van der Waals surface area contributed by atoms with E-state index in [1.807, 2.05) is 11.9 Å². The number of carbonyl (C=O) groups excluding carboxylic acids is 2. The molecule has 6 nitrogen and oxygen atoms in total. The van der Waals surface area contributed by atoms with E-state index in [1.165, 1.54) is 35.4 Å². The molecule has 1 spiro atoms. The summed E-state index contributed by atoms with van der Waals surface area (Å²) in [5, 5.41) is 3.04. The molecule has 0 bridgehead atoms. The molecule has 1 aromatic carbocycles. The lowest BCUT2D eigenvalue weighted by atomic mass is 9.73. The van der Waals surface area contributed by atoms with Gasteiger partial charge in [0.25, 0.3) is 5.91 Å². The Morgan fingerprint density at radius 2 is 1.79 bits per heavy atom. The van der Waals surface area contributed by atoms with Gasteiger partial charge in [-0.25, -0.2) is 9.69 Å². The second-order valence-corrected chi connectivity index (χ2v) is 9.15. The van der Waals surface area contributed by atoms with Crippen LogP contribution in [0.15, 0.2) is 24.3 Å². The van der Waals surface area contributed by atoms with E-state index in [2.05, 4.69) is 41.4 Å². The highest BCUT2D eigenvalue weighted by molar-refractivity contribution is 6.07. The maximum atomic E-state index is 13.1. The van der Waals surface area contributed by atoms with E-state index in [4.69, 9.17) is 0 Å². The second-order valence-electron chi connectivity index (χ2n) is 9.15. The molecule has 2 atom stereocenters. The maximum Gasteiger partial charge on any atom is 0.326 e. The summed E-state index contributed by atoms with van der Waals surface area (Å²) in [7, 11) is 1.97. The van der Waals surface area contributed by atoms with Gasteiger partial charge in [0.05, 0.1) is 6.67 Å². The summed E-state index contributed by atoms with van der Waals surface area (Å²) in [5.41, 5.74) is 1.81. The highest BCUT2D eigenvalue weighted by Crippen LogP contribution is 2.38. The molecule has 2 saturated heterocycles. The molecule has 2 aliphatic heterocycles. The molecule has 29 heavy (non-hydrogen) atoms. The molecule has 2 heterocycles. The van der Waals surface area contributed by atoms with Gasteiger partial charge in [0.1, 0.15) is 5.54 Å². The fourth-order valence-corrected chi connectivity index (χ4v) is 5.19. The molecular formula is C23H34N4O2. The summed E-state index contributed by atoms with van der Waals surface area (Å²) in [5.74, 6) is 0.160. The van der Waals surface area contributed by atoms with Gasteiger partial charge in [0.2, 0.25) is 0 Å². The number of hydrogen-bond acceptors (Lipinski definition) is 4. The lowest BCUT2D eigenvalue weighted by Gasteiger charge is -2.37. The molecule has 1 N–H and O–H groups in total. The second kappa shape index (κ2) is 8.34. The van der Waals surface area contributed by atoms with Gasteiger partial charge in [-0.1, -0.05) is 31.9 Å². The number of piperidine rings is 1. The van der Waals surface area contributed by atoms with E-state index in [0.29, 0.717) is 13.2 Å². The lowest BCUT2D eigenvalue weighted by Crippen LogP contribution is -2.54. The van der Waals surface area contributed by atoms with Gasteiger partial charge in [0, 0.05) is 25.3 Å². The first-order chi connectivity index (χ1) is 14.0. The standard InChI is InChI=1S/C23H34N4O2/c1-18-8-4-5-13-23(18)21(28)27(22(29)24-23)17-25(2)16-19-9-11-20(12-10-19)26-14-6-3-7-15-26/h9-12,18H,3-8,13-17H2,1-2H3,(H,24,29)/t18-,23+/m0/s1. The minimum atomic E-state index is -0.674. The topological polar surface area (TPSA) is 55.9 Å². The van der Waals surface area contributed by atoms with Gasteiger partial charge in [-0.2, -0.15) is 0 Å². The number of nitrogens with zero attached hydrogens (tertiary/aromatic N) is 3. The molecular weight excluding hydrogens is 364 g/mol. The smallest absolute Gasteiger partial charge is 0.326 e. The molecule has 4 rings (SSSR count). The summed E-state index contributed by atoms with van der Waals surface area (Å²) in [6.07, 6.45) is 7.79. The predicted molar refractivity (Wildman–Crippen MR) is 115 cm³/mol. The number of anilines is 1. The number of carbonyl (C=O) groups is 2. The van der Waals surface area contributed by atoms with Crippen LogP contribution >= 0.6 is 0 Å². The Balaban J connectivity index is 1.36. The van der Waals surface area contributed by atoms with Crippen LogP contribution in [0.2, 0.25) is 0 Å². The summed E-state index contributed by atoms with van der Waals surface area (Å²) >= 11 is 0. The molecule has 0 aromatic heterocycles. The van der Waals surface area contributed by atoms with Gasteiger partial charge < -0.3 is 10.2 Å². The van der Waals surface area contributed by atoms with Crippen molar-refractivity contribution in [3.8, 4) is 0 Å². The minimum Gasteiger partial charge on any atom is -0.372 e. The van der Waals surface area contributed by atoms with Crippen molar-refractivity contribution in [3.63, 3.8) is 0 Å². The van der Waals surface area contributed by atoms with E-state index in [0.717, 1.165) is 38.8 Å². The van der Waals surface area contributed by atoms with Crippen molar-refractivity contribution in [3.05, 3.63) is 29.8 Å². The van der Waals surface area contributed by atoms with Crippen LogP contribution < -0.4 is 10.2 Å². The molecule has 3 aliphatic rings. The first-order valence-corrected chi connectivity index (χ1v) is 11.2. The fourth-order valence-electron chi connectivity index (χ4n) is 5.19. The largest absolute Gasteiger partial charge is 0.372 e. The van der Waals surface area contributed by atoms with E-state index >= 15 is 0 Å². The molecule has 0 unspecified atom stereocenters. The van der Waals surface area contributed by atoms with Gasteiger partial charge in [-0.05, 0) is 62.8 Å². The van der Waals surface area contributed by atoms with Crippen molar-refractivity contribution in [2.45, 2.75) is 64.0 Å². The normalized spacial score (nSPS) is 27.8. The monoisotopic (exact) mass is 398 g/mol. The third-order valence-electron chi connectivity index (χ3n) is 6.99. The van der Waals surface area contributed by atoms with Crippen LogP contribution in [0, 0.1) is 5.92 Å². The Hall–Kier alpha value is -2.08. The van der Waals surface area contributed by atoms with Crippen molar-refractivity contribution < 1.29 is 9.59 Å². The average Bonchev–Trinajstić information content (AvgIpc) is 2.96. The van der Waals surface area contributed by atoms with E-state index in [-0.39, 0.29) is 17.9 Å². The van der Waals surface area contributed by atoms with Crippen molar-refractivity contribution in [2.24, 2.45) is 5.92 Å². The number of rotatable bonds is 5. The van der Waals surface area contributed by atoms with Crippen LogP contribution in [0.1, 0.15) is 57.4 Å². The van der Waals surface area contributed by atoms with Crippen LogP contribution in [0.25, 0.3) is 0 Å².